The number of nitrogens with one attached hydrogen (secondary N) is 1. The summed E-state index contributed by atoms with van der Waals surface area (Å²) >= 11 is 0. The zero-order chi connectivity index (χ0) is 13.1. The predicted octanol–water partition coefficient (Wildman–Crippen LogP) is 3.30. The first kappa shape index (κ1) is 13.3. The third kappa shape index (κ3) is 3.98. The van der Waals surface area contributed by atoms with Gasteiger partial charge in [0.2, 0.25) is 0 Å². The zero-order valence-electron chi connectivity index (χ0n) is 11.4. The van der Waals surface area contributed by atoms with Gasteiger partial charge in [-0.2, -0.15) is 0 Å². The number of hydrogen-bond acceptors (Lipinski definition) is 2. The predicted molar refractivity (Wildman–Crippen MR) is 71.5 cm³/mol. The Morgan fingerprint density at radius 2 is 2.06 bits per heavy atom. The lowest BCUT2D eigenvalue weighted by molar-refractivity contribution is 0.231. The van der Waals surface area contributed by atoms with Crippen molar-refractivity contribution in [2.75, 3.05) is 0 Å². The van der Waals surface area contributed by atoms with Crippen molar-refractivity contribution < 1.29 is 9.13 Å². The van der Waals surface area contributed by atoms with Gasteiger partial charge in [-0.15, -0.1) is 0 Å². The van der Waals surface area contributed by atoms with Crippen LogP contribution in [0.15, 0.2) is 18.2 Å². The van der Waals surface area contributed by atoms with E-state index in [1.165, 1.54) is 12.8 Å². The quantitative estimate of drug-likeness (QED) is 0.837. The van der Waals surface area contributed by atoms with E-state index < -0.39 is 0 Å². The molecule has 1 unspecified atom stereocenters. The Hall–Kier alpha value is -1.09. The molecule has 0 heterocycles. The van der Waals surface area contributed by atoms with Crippen molar-refractivity contribution in [1.29, 1.82) is 0 Å². The highest BCUT2D eigenvalue weighted by atomic mass is 19.1. The van der Waals surface area contributed by atoms with Crippen molar-refractivity contribution >= 4 is 0 Å². The van der Waals surface area contributed by atoms with Crippen LogP contribution in [0.5, 0.6) is 5.75 Å². The Kier molecular flexibility index (Phi) is 4.23. The van der Waals surface area contributed by atoms with Gasteiger partial charge in [-0.05, 0) is 57.7 Å². The minimum Gasteiger partial charge on any atom is -0.488 e. The first-order valence-corrected chi connectivity index (χ1v) is 6.75. The fourth-order valence-corrected chi connectivity index (χ4v) is 2.09. The molecule has 0 aromatic heterocycles. The molecule has 3 heteroatoms. The average Bonchev–Trinajstić information content (AvgIpc) is 3.05. The van der Waals surface area contributed by atoms with Crippen molar-refractivity contribution in [2.24, 2.45) is 0 Å². The highest BCUT2D eigenvalue weighted by molar-refractivity contribution is 5.30. The number of ether oxygens (including phenoxy) is 1. The lowest BCUT2D eigenvalue weighted by Crippen LogP contribution is -2.29. The van der Waals surface area contributed by atoms with E-state index in [1.807, 2.05) is 19.9 Å². The molecule has 0 amide bonds. The molecule has 1 aromatic rings. The molecular weight excluding hydrogens is 229 g/mol. The molecule has 2 nitrogen and oxygen atoms in total. The summed E-state index contributed by atoms with van der Waals surface area (Å²) in [5.74, 6) is 0.0800. The summed E-state index contributed by atoms with van der Waals surface area (Å²) < 4.78 is 19.2. The monoisotopic (exact) mass is 251 g/mol. The number of rotatable bonds is 6. The lowest BCUT2D eigenvalue weighted by Gasteiger charge is -2.15. The molecule has 1 atom stereocenters. The van der Waals surface area contributed by atoms with Gasteiger partial charge >= 0.3 is 0 Å². The molecule has 1 aliphatic carbocycles. The van der Waals surface area contributed by atoms with E-state index in [0.29, 0.717) is 17.8 Å². The molecular formula is C15H22FNO. The molecule has 1 fully saturated rings. The third-order valence-electron chi connectivity index (χ3n) is 3.00. The summed E-state index contributed by atoms with van der Waals surface area (Å²) in [6, 6.07) is 6.35. The summed E-state index contributed by atoms with van der Waals surface area (Å²) in [6.07, 6.45) is 3.41. The van der Waals surface area contributed by atoms with Crippen LogP contribution >= 0.6 is 0 Å². The highest BCUT2D eigenvalue weighted by Gasteiger charge is 2.22. The molecule has 0 bridgehead atoms. The van der Waals surface area contributed by atoms with Gasteiger partial charge in [0.1, 0.15) is 0 Å². The maximum atomic E-state index is 13.8. The van der Waals surface area contributed by atoms with Gasteiger partial charge in [0.25, 0.3) is 0 Å². The first-order chi connectivity index (χ1) is 8.54. The van der Waals surface area contributed by atoms with Crippen LogP contribution in [0, 0.1) is 5.82 Å². The molecule has 0 spiro atoms. The smallest absolute Gasteiger partial charge is 0.165 e. The van der Waals surface area contributed by atoms with E-state index in [-0.39, 0.29) is 11.9 Å². The van der Waals surface area contributed by atoms with Crippen molar-refractivity contribution in [1.82, 2.24) is 5.32 Å². The molecule has 0 saturated heterocycles. The van der Waals surface area contributed by atoms with E-state index in [9.17, 15) is 4.39 Å². The molecule has 100 valence electrons. The fourth-order valence-electron chi connectivity index (χ4n) is 2.09. The van der Waals surface area contributed by atoms with Gasteiger partial charge in [-0.25, -0.2) is 4.39 Å². The number of halogens is 1. The van der Waals surface area contributed by atoms with E-state index in [1.54, 1.807) is 12.1 Å². The van der Waals surface area contributed by atoms with Gasteiger partial charge in [0.05, 0.1) is 6.10 Å². The zero-order valence-corrected chi connectivity index (χ0v) is 11.4. The standard InChI is InChI=1S/C15H22FNO/c1-10(2)18-15-7-4-12(9-14(15)16)8-11(3)17-13-5-6-13/h4,7,9-11,13,17H,5-6,8H2,1-3H3. The van der Waals surface area contributed by atoms with Crippen molar-refractivity contribution in [3.05, 3.63) is 29.6 Å². The normalized spacial score (nSPS) is 16.9. The van der Waals surface area contributed by atoms with Crippen LogP contribution in [0.2, 0.25) is 0 Å². The molecule has 2 rings (SSSR count). The van der Waals surface area contributed by atoms with Crippen LogP contribution < -0.4 is 10.1 Å². The molecule has 1 N–H and O–H groups in total. The Morgan fingerprint density at radius 3 is 2.61 bits per heavy atom. The Balaban J connectivity index is 1.94. The summed E-state index contributed by atoms with van der Waals surface area (Å²) in [5.41, 5.74) is 1.02. The molecule has 1 aromatic carbocycles. The number of benzene rings is 1. The van der Waals surface area contributed by atoms with Gasteiger partial charge in [0.15, 0.2) is 11.6 Å². The second-order valence-corrected chi connectivity index (χ2v) is 5.48. The summed E-state index contributed by atoms with van der Waals surface area (Å²) in [7, 11) is 0. The van der Waals surface area contributed by atoms with Crippen molar-refractivity contribution in [3.63, 3.8) is 0 Å². The summed E-state index contributed by atoms with van der Waals surface area (Å²) in [5, 5.41) is 3.51. The van der Waals surface area contributed by atoms with Crippen LogP contribution in [0.1, 0.15) is 39.2 Å². The minimum absolute atomic E-state index is 0.000747. The van der Waals surface area contributed by atoms with Crippen LogP contribution in [0.3, 0.4) is 0 Å². The average molecular weight is 251 g/mol. The molecule has 18 heavy (non-hydrogen) atoms. The lowest BCUT2D eigenvalue weighted by atomic mass is 10.1. The van der Waals surface area contributed by atoms with E-state index >= 15 is 0 Å². The van der Waals surface area contributed by atoms with E-state index in [2.05, 4.69) is 12.2 Å². The van der Waals surface area contributed by atoms with Gasteiger partial charge in [0, 0.05) is 12.1 Å². The van der Waals surface area contributed by atoms with Crippen LogP contribution in [0.4, 0.5) is 4.39 Å². The Labute approximate surface area is 109 Å². The van der Waals surface area contributed by atoms with Crippen LogP contribution in [0.25, 0.3) is 0 Å². The van der Waals surface area contributed by atoms with Gasteiger partial charge in [-0.1, -0.05) is 6.07 Å². The second kappa shape index (κ2) is 5.70. The summed E-state index contributed by atoms with van der Waals surface area (Å²) in [6.45, 7) is 5.94. The van der Waals surface area contributed by atoms with E-state index in [4.69, 9.17) is 4.74 Å². The third-order valence-corrected chi connectivity index (χ3v) is 3.00. The molecule has 0 aliphatic heterocycles. The maximum absolute atomic E-state index is 13.8. The SMILES string of the molecule is CC(Cc1ccc(OC(C)C)c(F)c1)NC1CC1. The van der Waals surface area contributed by atoms with Crippen molar-refractivity contribution in [3.8, 4) is 5.75 Å². The van der Waals surface area contributed by atoms with Crippen LogP contribution in [-0.2, 0) is 6.42 Å². The molecule has 0 radical (unpaired) electrons. The summed E-state index contributed by atoms with van der Waals surface area (Å²) in [4.78, 5) is 0. The second-order valence-electron chi connectivity index (χ2n) is 5.48. The van der Waals surface area contributed by atoms with Crippen LogP contribution in [-0.4, -0.2) is 18.2 Å². The van der Waals surface area contributed by atoms with E-state index in [0.717, 1.165) is 12.0 Å². The number of hydrogen-bond donors (Lipinski definition) is 1. The highest BCUT2D eigenvalue weighted by Crippen LogP contribution is 2.22. The van der Waals surface area contributed by atoms with Gasteiger partial charge < -0.3 is 10.1 Å². The molecule has 1 saturated carbocycles. The topological polar surface area (TPSA) is 21.3 Å². The van der Waals surface area contributed by atoms with Crippen molar-refractivity contribution in [2.45, 2.75) is 58.2 Å². The fraction of sp³-hybridized carbons (Fsp3) is 0.600. The molecule has 1 aliphatic rings. The first-order valence-electron chi connectivity index (χ1n) is 6.75. The largest absolute Gasteiger partial charge is 0.488 e. The Bertz CT molecular complexity index is 401. The minimum atomic E-state index is -0.264. The Morgan fingerprint density at radius 1 is 1.33 bits per heavy atom. The maximum Gasteiger partial charge on any atom is 0.165 e. The van der Waals surface area contributed by atoms with Gasteiger partial charge in [-0.3, -0.25) is 0 Å².